The van der Waals surface area contributed by atoms with Crippen LogP contribution in [0.4, 0.5) is 0 Å². The number of Topliss-reactive ketones (excluding diaryl/α,β-unsaturated/α-hetero) is 1. The molecule has 0 saturated heterocycles. The zero-order chi connectivity index (χ0) is 15.3. The van der Waals surface area contributed by atoms with E-state index in [2.05, 4.69) is 33.9 Å². The minimum Gasteiger partial charge on any atom is -0.413 e. The van der Waals surface area contributed by atoms with Crippen molar-refractivity contribution in [2.75, 3.05) is 0 Å². The second-order valence-corrected chi connectivity index (χ2v) is 12.7. The lowest BCUT2D eigenvalue weighted by atomic mass is 9.77. The number of carbonyl (C=O) groups is 1. The predicted molar refractivity (Wildman–Crippen MR) is 79.9 cm³/mol. The van der Waals surface area contributed by atoms with Gasteiger partial charge in [-0.15, -0.1) is 0 Å². The predicted octanol–water partition coefficient (Wildman–Crippen LogP) is 2.10. The highest BCUT2D eigenvalue weighted by Gasteiger charge is 2.51. The maximum atomic E-state index is 12.1. The van der Waals surface area contributed by atoms with Gasteiger partial charge in [-0.3, -0.25) is 4.79 Å². The van der Waals surface area contributed by atoms with Crippen LogP contribution in [0.5, 0.6) is 0 Å². The maximum absolute atomic E-state index is 12.1. The summed E-state index contributed by atoms with van der Waals surface area (Å²) in [5, 5.41) is 19.7. The Morgan fingerprint density at radius 1 is 1.15 bits per heavy atom. The fourth-order valence-electron chi connectivity index (χ4n) is 3.16. The van der Waals surface area contributed by atoms with E-state index in [0.717, 1.165) is 0 Å². The molecule has 0 radical (unpaired) electrons. The summed E-state index contributed by atoms with van der Waals surface area (Å²) in [7, 11) is -1.91. The Labute approximate surface area is 122 Å². The molecule has 0 aromatic rings. The normalized spacial score (nSPS) is 39.0. The smallest absolute Gasteiger partial charge is 0.192 e. The lowest BCUT2D eigenvalue weighted by Crippen LogP contribution is -2.47. The van der Waals surface area contributed by atoms with Crippen LogP contribution in [-0.4, -0.2) is 42.6 Å². The molecular weight excluding hydrogens is 272 g/mol. The fourth-order valence-corrected chi connectivity index (χ4v) is 4.53. The average molecular weight is 300 g/mol. The van der Waals surface area contributed by atoms with E-state index in [9.17, 15) is 15.0 Å². The SMILES string of the molecule is CC(C)(C)[Si](C)(C)O[C@H]1CC(=O)[C@H]2C[C@H](O)[C@H](O)C[C@@H]12. The Morgan fingerprint density at radius 3 is 2.25 bits per heavy atom. The second kappa shape index (κ2) is 5.20. The molecule has 2 aliphatic carbocycles. The van der Waals surface area contributed by atoms with Crippen molar-refractivity contribution < 1.29 is 19.4 Å². The summed E-state index contributed by atoms with van der Waals surface area (Å²) < 4.78 is 6.41. The third kappa shape index (κ3) is 2.86. The molecule has 0 heterocycles. The molecule has 0 bridgehead atoms. The number of hydrogen-bond acceptors (Lipinski definition) is 4. The maximum Gasteiger partial charge on any atom is 0.192 e. The number of carbonyl (C=O) groups excluding carboxylic acids is 1. The lowest BCUT2D eigenvalue weighted by Gasteiger charge is -2.41. The molecule has 5 heteroatoms. The summed E-state index contributed by atoms with van der Waals surface area (Å²) in [4.78, 5) is 12.1. The summed E-state index contributed by atoms with van der Waals surface area (Å²) in [6, 6.07) is 0. The van der Waals surface area contributed by atoms with Gasteiger partial charge in [-0.25, -0.2) is 0 Å². The van der Waals surface area contributed by atoms with Crippen LogP contribution >= 0.6 is 0 Å². The number of aliphatic hydroxyl groups excluding tert-OH is 2. The van der Waals surface area contributed by atoms with Crippen LogP contribution in [0.2, 0.25) is 18.1 Å². The summed E-state index contributed by atoms with van der Waals surface area (Å²) in [5.41, 5.74) is 0. The zero-order valence-corrected chi connectivity index (χ0v) is 14.2. The Balaban J connectivity index is 2.13. The molecule has 4 nitrogen and oxygen atoms in total. The third-order valence-electron chi connectivity index (χ3n) is 5.52. The molecule has 2 saturated carbocycles. The van der Waals surface area contributed by atoms with Gasteiger partial charge in [0.25, 0.3) is 0 Å². The molecule has 0 aromatic carbocycles. The van der Waals surface area contributed by atoms with Gasteiger partial charge < -0.3 is 14.6 Å². The Kier molecular flexibility index (Phi) is 4.19. The average Bonchev–Trinajstić information content (AvgIpc) is 2.55. The van der Waals surface area contributed by atoms with Crippen LogP contribution in [0, 0.1) is 11.8 Å². The fraction of sp³-hybridized carbons (Fsp3) is 0.933. The van der Waals surface area contributed by atoms with Crippen molar-refractivity contribution in [3.63, 3.8) is 0 Å². The number of hydrogen-bond donors (Lipinski definition) is 2. The summed E-state index contributed by atoms with van der Waals surface area (Å²) in [5.74, 6) is 0.155. The highest BCUT2D eigenvalue weighted by molar-refractivity contribution is 6.74. The van der Waals surface area contributed by atoms with E-state index in [-0.39, 0.29) is 28.8 Å². The van der Waals surface area contributed by atoms with Gasteiger partial charge in [-0.05, 0) is 36.9 Å². The number of rotatable bonds is 2. The van der Waals surface area contributed by atoms with Crippen molar-refractivity contribution in [2.24, 2.45) is 11.8 Å². The van der Waals surface area contributed by atoms with Crippen molar-refractivity contribution in [2.45, 2.75) is 76.5 Å². The molecule has 0 aliphatic heterocycles. The summed E-state index contributed by atoms with van der Waals surface area (Å²) in [6.07, 6.45) is -0.227. The first-order valence-corrected chi connectivity index (χ1v) is 10.5. The van der Waals surface area contributed by atoms with Gasteiger partial charge >= 0.3 is 0 Å². The molecular formula is C15H28O4Si. The summed E-state index contributed by atoms with van der Waals surface area (Å²) >= 11 is 0. The largest absolute Gasteiger partial charge is 0.413 e. The van der Waals surface area contributed by atoms with Gasteiger partial charge in [0.15, 0.2) is 8.32 Å². The Bertz CT molecular complexity index is 388. The van der Waals surface area contributed by atoms with Gasteiger partial charge in [0.05, 0.1) is 18.3 Å². The number of ketones is 1. The van der Waals surface area contributed by atoms with Gasteiger partial charge in [0.2, 0.25) is 0 Å². The Morgan fingerprint density at radius 2 is 1.70 bits per heavy atom. The zero-order valence-electron chi connectivity index (χ0n) is 13.2. The van der Waals surface area contributed by atoms with Crippen molar-refractivity contribution in [1.82, 2.24) is 0 Å². The number of fused-ring (bicyclic) bond motifs is 1. The molecule has 0 unspecified atom stereocenters. The molecule has 0 aromatic heterocycles. The van der Waals surface area contributed by atoms with Crippen LogP contribution in [-0.2, 0) is 9.22 Å². The van der Waals surface area contributed by atoms with Crippen molar-refractivity contribution >= 4 is 14.1 Å². The van der Waals surface area contributed by atoms with Gasteiger partial charge in [0.1, 0.15) is 5.78 Å². The molecule has 5 atom stereocenters. The van der Waals surface area contributed by atoms with E-state index in [1.807, 2.05) is 0 Å². The van der Waals surface area contributed by atoms with Crippen LogP contribution in [0.25, 0.3) is 0 Å². The summed E-state index contributed by atoms with van der Waals surface area (Å²) in [6.45, 7) is 10.9. The highest BCUT2D eigenvalue weighted by atomic mass is 28.4. The number of aliphatic hydroxyl groups is 2. The van der Waals surface area contributed by atoms with E-state index in [1.54, 1.807) is 0 Å². The van der Waals surface area contributed by atoms with Gasteiger partial charge in [-0.1, -0.05) is 20.8 Å². The molecule has 0 spiro atoms. The lowest BCUT2D eigenvalue weighted by molar-refractivity contribution is -0.125. The second-order valence-electron chi connectivity index (χ2n) is 7.96. The molecule has 2 rings (SSSR count). The van der Waals surface area contributed by atoms with Gasteiger partial charge in [-0.2, -0.15) is 0 Å². The molecule has 2 fully saturated rings. The van der Waals surface area contributed by atoms with Crippen molar-refractivity contribution in [3.05, 3.63) is 0 Å². The van der Waals surface area contributed by atoms with E-state index >= 15 is 0 Å². The topological polar surface area (TPSA) is 66.8 Å². The van der Waals surface area contributed by atoms with Crippen LogP contribution < -0.4 is 0 Å². The van der Waals surface area contributed by atoms with Gasteiger partial charge in [0, 0.05) is 12.3 Å². The molecule has 20 heavy (non-hydrogen) atoms. The Hall–Kier alpha value is -0.233. The quantitative estimate of drug-likeness (QED) is 0.766. The van der Waals surface area contributed by atoms with E-state index in [4.69, 9.17) is 4.43 Å². The van der Waals surface area contributed by atoms with Crippen molar-refractivity contribution in [3.8, 4) is 0 Å². The monoisotopic (exact) mass is 300 g/mol. The molecule has 116 valence electrons. The first-order valence-electron chi connectivity index (χ1n) is 7.59. The first kappa shape index (κ1) is 16.1. The van der Waals surface area contributed by atoms with Crippen LogP contribution in [0.3, 0.4) is 0 Å². The molecule has 2 aliphatic rings. The van der Waals surface area contributed by atoms with E-state index in [1.165, 1.54) is 0 Å². The van der Waals surface area contributed by atoms with Crippen LogP contribution in [0.15, 0.2) is 0 Å². The van der Waals surface area contributed by atoms with E-state index in [0.29, 0.717) is 19.3 Å². The standard InChI is InChI=1S/C15H28O4Si/c1-15(2,3)20(4,5)19-14-8-11(16)9-6-12(17)13(18)7-10(9)14/h9-10,12-14,17-18H,6-8H2,1-5H3/t9-,10+,12-,13+,14-/m0/s1. The highest BCUT2D eigenvalue weighted by Crippen LogP contribution is 2.45. The third-order valence-corrected chi connectivity index (χ3v) is 10.0. The first-order chi connectivity index (χ1) is 9.03. The minimum absolute atomic E-state index is 0.0736. The van der Waals surface area contributed by atoms with E-state index < -0.39 is 20.5 Å². The van der Waals surface area contributed by atoms with Crippen molar-refractivity contribution in [1.29, 1.82) is 0 Å². The van der Waals surface area contributed by atoms with Crippen LogP contribution in [0.1, 0.15) is 40.0 Å². The minimum atomic E-state index is -1.91. The molecule has 2 N–H and O–H groups in total. The molecule has 0 amide bonds.